The number of hydrogen-bond acceptors (Lipinski definition) is 4. The zero-order chi connectivity index (χ0) is 22.2. The molecule has 0 bridgehead atoms. The number of halogens is 1. The van der Waals surface area contributed by atoms with E-state index >= 15 is 0 Å². The van der Waals surface area contributed by atoms with Gasteiger partial charge in [-0.25, -0.2) is 14.4 Å². The van der Waals surface area contributed by atoms with Gasteiger partial charge in [-0.2, -0.15) is 0 Å². The SMILES string of the molecule is Cc1nc(C2CCCN2C(=O)C2CCCC2)nc2c1CC(=O)N2CCc1ccc(F)cc1. The van der Waals surface area contributed by atoms with Gasteiger partial charge in [0.1, 0.15) is 11.6 Å². The van der Waals surface area contributed by atoms with Gasteiger partial charge < -0.3 is 4.90 Å². The second kappa shape index (κ2) is 8.60. The summed E-state index contributed by atoms with van der Waals surface area (Å²) in [6, 6.07) is 6.27. The Balaban J connectivity index is 1.39. The molecule has 1 aliphatic carbocycles. The molecule has 2 fully saturated rings. The van der Waals surface area contributed by atoms with Gasteiger partial charge in [-0.05, 0) is 56.7 Å². The lowest BCUT2D eigenvalue weighted by atomic mass is 10.1. The Hall–Kier alpha value is -2.83. The fourth-order valence-corrected chi connectivity index (χ4v) is 5.37. The highest BCUT2D eigenvalue weighted by Crippen LogP contribution is 2.37. The molecule has 168 valence electrons. The summed E-state index contributed by atoms with van der Waals surface area (Å²) in [5.41, 5.74) is 2.68. The van der Waals surface area contributed by atoms with E-state index in [4.69, 9.17) is 9.97 Å². The summed E-state index contributed by atoms with van der Waals surface area (Å²) in [5, 5.41) is 0. The van der Waals surface area contributed by atoms with Crippen LogP contribution in [0.5, 0.6) is 0 Å². The number of nitrogens with zero attached hydrogens (tertiary/aromatic N) is 4. The van der Waals surface area contributed by atoms with Crippen molar-refractivity contribution in [1.29, 1.82) is 0 Å². The smallest absolute Gasteiger partial charge is 0.232 e. The van der Waals surface area contributed by atoms with Crippen LogP contribution in [0.4, 0.5) is 10.2 Å². The Morgan fingerprint density at radius 1 is 1.09 bits per heavy atom. The third kappa shape index (κ3) is 3.89. The molecule has 32 heavy (non-hydrogen) atoms. The minimum absolute atomic E-state index is 0.0157. The Labute approximate surface area is 187 Å². The Kier molecular flexibility index (Phi) is 5.66. The van der Waals surface area contributed by atoms with Gasteiger partial charge in [0.15, 0.2) is 5.82 Å². The number of hydrogen-bond donors (Lipinski definition) is 0. The maximum atomic E-state index is 13.2. The average Bonchev–Trinajstić information content (AvgIpc) is 3.53. The third-order valence-corrected chi connectivity index (χ3v) is 7.17. The predicted octanol–water partition coefficient (Wildman–Crippen LogP) is 3.91. The van der Waals surface area contributed by atoms with Crippen LogP contribution in [0.1, 0.15) is 67.2 Å². The molecule has 2 aromatic rings. The van der Waals surface area contributed by atoms with Gasteiger partial charge in [-0.3, -0.25) is 14.5 Å². The largest absolute Gasteiger partial charge is 0.332 e. The number of carbonyl (C=O) groups excluding carboxylic acids is 2. The van der Waals surface area contributed by atoms with Gasteiger partial charge in [-0.1, -0.05) is 25.0 Å². The van der Waals surface area contributed by atoms with Crippen LogP contribution in [-0.4, -0.2) is 39.8 Å². The molecular formula is C25H29FN4O2. The topological polar surface area (TPSA) is 66.4 Å². The lowest BCUT2D eigenvalue weighted by Crippen LogP contribution is -2.36. The first-order valence-corrected chi connectivity index (χ1v) is 11.7. The van der Waals surface area contributed by atoms with Gasteiger partial charge in [0.05, 0.1) is 12.5 Å². The number of benzene rings is 1. The zero-order valence-electron chi connectivity index (χ0n) is 18.5. The summed E-state index contributed by atoms with van der Waals surface area (Å²) < 4.78 is 13.2. The molecule has 1 aromatic heterocycles. The fourth-order valence-electron chi connectivity index (χ4n) is 5.37. The maximum absolute atomic E-state index is 13.2. The third-order valence-electron chi connectivity index (χ3n) is 7.17. The number of aromatic nitrogens is 2. The van der Waals surface area contributed by atoms with Crippen molar-refractivity contribution < 1.29 is 14.0 Å². The van der Waals surface area contributed by atoms with Gasteiger partial charge in [0.2, 0.25) is 11.8 Å². The van der Waals surface area contributed by atoms with Crippen molar-refractivity contribution in [2.75, 3.05) is 18.0 Å². The van der Waals surface area contributed by atoms with Crippen LogP contribution in [0.25, 0.3) is 0 Å². The lowest BCUT2D eigenvalue weighted by molar-refractivity contribution is -0.136. The van der Waals surface area contributed by atoms with Gasteiger partial charge in [-0.15, -0.1) is 0 Å². The monoisotopic (exact) mass is 436 g/mol. The molecule has 1 saturated carbocycles. The number of anilines is 1. The molecular weight excluding hydrogens is 407 g/mol. The summed E-state index contributed by atoms with van der Waals surface area (Å²) in [6.07, 6.45) is 6.98. The first-order chi connectivity index (χ1) is 15.5. The number of likely N-dealkylation sites (tertiary alicyclic amines) is 1. The molecule has 1 atom stereocenters. The minimum Gasteiger partial charge on any atom is -0.332 e. The van der Waals surface area contributed by atoms with E-state index in [-0.39, 0.29) is 29.6 Å². The molecule has 5 rings (SSSR count). The van der Waals surface area contributed by atoms with E-state index in [1.807, 2.05) is 11.8 Å². The highest BCUT2D eigenvalue weighted by Gasteiger charge is 2.38. The molecule has 3 heterocycles. The number of carbonyl (C=O) groups is 2. The highest BCUT2D eigenvalue weighted by molar-refractivity contribution is 6.00. The molecule has 0 radical (unpaired) electrons. The van der Waals surface area contributed by atoms with Gasteiger partial charge in [0.25, 0.3) is 0 Å². The first-order valence-electron chi connectivity index (χ1n) is 11.7. The molecule has 0 spiro atoms. The number of amides is 2. The van der Waals surface area contributed by atoms with Crippen molar-refractivity contribution in [2.24, 2.45) is 5.92 Å². The van der Waals surface area contributed by atoms with Crippen LogP contribution in [0.3, 0.4) is 0 Å². The van der Waals surface area contributed by atoms with Crippen molar-refractivity contribution in [3.63, 3.8) is 0 Å². The molecule has 2 aliphatic heterocycles. The quantitative estimate of drug-likeness (QED) is 0.713. The van der Waals surface area contributed by atoms with Crippen molar-refractivity contribution in [2.45, 2.75) is 64.3 Å². The van der Waals surface area contributed by atoms with E-state index in [9.17, 15) is 14.0 Å². The van der Waals surface area contributed by atoms with Gasteiger partial charge >= 0.3 is 0 Å². The van der Waals surface area contributed by atoms with Crippen molar-refractivity contribution in [3.8, 4) is 0 Å². The summed E-state index contributed by atoms with van der Waals surface area (Å²) in [7, 11) is 0. The van der Waals surface area contributed by atoms with E-state index in [0.717, 1.165) is 61.9 Å². The number of fused-ring (bicyclic) bond motifs is 1. The number of rotatable bonds is 5. The molecule has 1 aromatic carbocycles. The predicted molar refractivity (Wildman–Crippen MR) is 119 cm³/mol. The summed E-state index contributed by atoms with van der Waals surface area (Å²) in [6.45, 7) is 3.17. The Morgan fingerprint density at radius 3 is 2.59 bits per heavy atom. The van der Waals surface area contributed by atoms with Crippen LogP contribution in [-0.2, 0) is 22.4 Å². The van der Waals surface area contributed by atoms with E-state index in [0.29, 0.717) is 31.0 Å². The van der Waals surface area contributed by atoms with Gasteiger partial charge in [0, 0.05) is 30.3 Å². The maximum Gasteiger partial charge on any atom is 0.232 e. The second-order valence-electron chi connectivity index (χ2n) is 9.24. The first kappa shape index (κ1) is 21.0. The van der Waals surface area contributed by atoms with E-state index in [2.05, 4.69) is 0 Å². The summed E-state index contributed by atoms with van der Waals surface area (Å²) in [4.78, 5) is 39.2. The second-order valence-corrected chi connectivity index (χ2v) is 9.24. The van der Waals surface area contributed by atoms with Crippen LogP contribution in [0.15, 0.2) is 24.3 Å². The Morgan fingerprint density at radius 2 is 1.84 bits per heavy atom. The molecule has 0 N–H and O–H groups in total. The van der Waals surface area contributed by atoms with Crippen LogP contribution >= 0.6 is 0 Å². The summed E-state index contributed by atoms with van der Waals surface area (Å²) >= 11 is 0. The molecule has 1 unspecified atom stereocenters. The van der Waals surface area contributed by atoms with Crippen molar-refractivity contribution in [3.05, 3.63) is 52.7 Å². The van der Waals surface area contributed by atoms with E-state index in [1.165, 1.54) is 12.1 Å². The van der Waals surface area contributed by atoms with E-state index in [1.54, 1.807) is 17.0 Å². The number of aryl methyl sites for hydroxylation is 1. The Bertz CT molecular complexity index is 1030. The zero-order valence-corrected chi connectivity index (χ0v) is 18.5. The molecule has 6 nitrogen and oxygen atoms in total. The highest BCUT2D eigenvalue weighted by atomic mass is 19.1. The molecule has 7 heteroatoms. The van der Waals surface area contributed by atoms with Crippen LogP contribution in [0, 0.1) is 18.7 Å². The van der Waals surface area contributed by atoms with Crippen molar-refractivity contribution >= 4 is 17.6 Å². The summed E-state index contributed by atoms with van der Waals surface area (Å²) in [5.74, 6) is 1.47. The van der Waals surface area contributed by atoms with E-state index < -0.39 is 0 Å². The normalized spacial score (nSPS) is 20.9. The fraction of sp³-hybridized carbons (Fsp3) is 0.520. The molecule has 1 saturated heterocycles. The molecule has 3 aliphatic rings. The average molecular weight is 437 g/mol. The van der Waals surface area contributed by atoms with Crippen LogP contribution < -0.4 is 4.90 Å². The van der Waals surface area contributed by atoms with Crippen molar-refractivity contribution in [1.82, 2.24) is 14.9 Å². The lowest BCUT2D eigenvalue weighted by Gasteiger charge is -2.27. The minimum atomic E-state index is -0.266. The van der Waals surface area contributed by atoms with Crippen LogP contribution in [0.2, 0.25) is 0 Å². The molecule has 2 amide bonds. The standard InChI is InChI=1S/C25H29FN4O2/c1-16-20-15-22(31)30(14-12-17-8-10-19(26)11-9-17)24(20)28-23(27-16)21-7-4-13-29(21)25(32)18-5-2-3-6-18/h8-11,18,21H,2-7,12-15H2,1H3.